The number of carbonyl (C=O) groups excluding carboxylic acids is 2. The molecule has 0 spiro atoms. The summed E-state index contributed by atoms with van der Waals surface area (Å²) in [5, 5.41) is 0. The Hall–Kier alpha value is -3.40. The first-order chi connectivity index (χ1) is 14.2. The highest BCUT2D eigenvalue weighted by Gasteiger charge is 2.32. The van der Waals surface area contributed by atoms with Gasteiger partial charge in [-0.25, -0.2) is 4.79 Å². The molecule has 0 N–H and O–H groups in total. The standard InChI is InChI=1S/C25H23NO3/c27-23-15-16-26(25(28)29-18-19-7-3-1-4-8-19)24(17-23)22-13-11-21(12-14-22)20-9-5-2-6-10-20/h1-14,24H,15-18H2/t24-/m1/s1. The summed E-state index contributed by atoms with van der Waals surface area (Å²) in [6, 6.07) is 27.5. The van der Waals surface area contributed by atoms with Crippen molar-refractivity contribution >= 4 is 11.9 Å². The number of amides is 1. The average Bonchev–Trinajstić information content (AvgIpc) is 2.79. The van der Waals surface area contributed by atoms with E-state index >= 15 is 0 Å². The van der Waals surface area contributed by atoms with Crippen molar-refractivity contribution < 1.29 is 14.3 Å². The minimum absolute atomic E-state index is 0.175. The fourth-order valence-corrected chi connectivity index (χ4v) is 3.68. The lowest BCUT2D eigenvalue weighted by Gasteiger charge is -2.34. The number of ketones is 1. The highest BCUT2D eigenvalue weighted by atomic mass is 16.6. The van der Waals surface area contributed by atoms with Gasteiger partial charge in [0.2, 0.25) is 0 Å². The number of ether oxygens (including phenoxy) is 1. The van der Waals surface area contributed by atoms with Gasteiger partial charge in [-0.2, -0.15) is 0 Å². The molecule has 0 bridgehead atoms. The quantitative estimate of drug-likeness (QED) is 0.604. The number of benzene rings is 3. The number of hydrogen-bond acceptors (Lipinski definition) is 3. The maximum atomic E-state index is 12.7. The molecule has 146 valence electrons. The zero-order valence-corrected chi connectivity index (χ0v) is 16.2. The minimum atomic E-state index is -0.376. The average molecular weight is 385 g/mol. The SMILES string of the molecule is O=C1CCN(C(=O)OCc2ccccc2)[C@@H](c2ccc(-c3ccccc3)cc2)C1. The first-order valence-electron chi connectivity index (χ1n) is 9.85. The van der Waals surface area contributed by atoms with Gasteiger partial charge >= 0.3 is 6.09 Å². The number of rotatable bonds is 4. The smallest absolute Gasteiger partial charge is 0.410 e. The highest BCUT2D eigenvalue weighted by Crippen LogP contribution is 2.31. The van der Waals surface area contributed by atoms with Crippen molar-refractivity contribution in [2.45, 2.75) is 25.5 Å². The van der Waals surface area contributed by atoms with Crippen LogP contribution in [-0.2, 0) is 16.1 Å². The molecule has 3 aromatic carbocycles. The third-order valence-corrected chi connectivity index (χ3v) is 5.27. The molecule has 1 heterocycles. The van der Waals surface area contributed by atoms with E-state index in [1.165, 1.54) is 0 Å². The normalized spacial score (nSPS) is 16.5. The Labute approximate surface area is 170 Å². The zero-order chi connectivity index (χ0) is 20.1. The van der Waals surface area contributed by atoms with Crippen LogP contribution in [0.3, 0.4) is 0 Å². The molecule has 0 aromatic heterocycles. The lowest BCUT2D eigenvalue weighted by Crippen LogP contribution is -2.41. The van der Waals surface area contributed by atoms with E-state index in [0.717, 1.165) is 22.3 Å². The summed E-state index contributed by atoms with van der Waals surface area (Å²) in [4.78, 5) is 26.5. The maximum Gasteiger partial charge on any atom is 0.410 e. The zero-order valence-electron chi connectivity index (χ0n) is 16.2. The molecule has 29 heavy (non-hydrogen) atoms. The first kappa shape index (κ1) is 18.9. The van der Waals surface area contributed by atoms with Crippen LogP contribution >= 0.6 is 0 Å². The summed E-state index contributed by atoms with van der Waals surface area (Å²) in [5.41, 5.74) is 4.14. The molecule has 1 saturated heterocycles. The molecule has 1 aliphatic rings. The predicted octanol–water partition coefficient (Wildman–Crippen LogP) is 5.40. The highest BCUT2D eigenvalue weighted by molar-refractivity contribution is 5.82. The molecule has 0 radical (unpaired) electrons. The number of likely N-dealkylation sites (tertiary alicyclic amines) is 1. The number of carbonyl (C=O) groups is 2. The van der Waals surface area contributed by atoms with Gasteiger partial charge < -0.3 is 9.64 Å². The van der Waals surface area contributed by atoms with Gasteiger partial charge in [0.15, 0.2) is 0 Å². The van der Waals surface area contributed by atoms with E-state index < -0.39 is 0 Å². The van der Waals surface area contributed by atoms with Gasteiger partial charge in [-0.1, -0.05) is 84.9 Å². The van der Waals surface area contributed by atoms with Crippen LogP contribution in [-0.4, -0.2) is 23.3 Å². The van der Waals surface area contributed by atoms with E-state index in [9.17, 15) is 9.59 Å². The largest absolute Gasteiger partial charge is 0.445 e. The van der Waals surface area contributed by atoms with E-state index in [-0.39, 0.29) is 24.5 Å². The van der Waals surface area contributed by atoms with E-state index in [4.69, 9.17) is 4.74 Å². The van der Waals surface area contributed by atoms with Crippen molar-refractivity contribution in [3.8, 4) is 11.1 Å². The van der Waals surface area contributed by atoms with Crippen LogP contribution in [0.5, 0.6) is 0 Å². The maximum absolute atomic E-state index is 12.7. The molecule has 1 fully saturated rings. The van der Waals surface area contributed by atoms with Crippen LogP contribution < -0.4 is 0 Å². The second-order valence-corrected chi connectivity index (χ2v) is 7.23. The van der Waals surface area contributed by atoms with Crippen molar-refractivity contribution in [1.29, 1.82) is 0 Å². The second-order valence-electron chi connectivity index (χ2n) is 7.23. The van der Waals surface area contributed by atoms with E-state index in [1.807, 2.05) is 72.8 Å². The van der Waals surface area contributed by atoms with Gasteiger partial charge in [0, 0.05) is 19.4 Å². The van der Waals surface area contributed by atoms with Gasteiger partial charge in [0.1, 0.15) is 12.4 Å². The lowest BCUT2D eigenvalue weighted by atomic mass is 9.93. The van der Waals surface area contributed by atoms with Crippen molar-refractivity contribution in [2.24, 2.45) is 0 Å². The van der Waals surface area contributed by atoms with E-state index in [0.29, 0.717) is 19.4 Å². The molecule has 0 aliphatic carbocycles. The van der Waals surface area contributed by atoms with Crippen molar-refractivity contribution in [1.82, 2.24) is 4.90 Å². The first-order valence-corrected chi connectivity index (χ1v) is 9.85. The molecule has 0 unspecified atom stereocenters. The number of piperidine rings is 1. The summed E-state index contributed by atoms with van der Waals surface area (Å²) in [6.07, 6.45) is 0.322. The fourth-order valence-electron chi connectivity index (χ4n) is 3.68. The van der Waals surface area contributed by atoms with Gasteiger partial charge in [-0.3, -0.25) is 4.79 Å². The predicted molar refractivity (Wildman–Crippen MR) is 112 cm³/mol. The fraction of sp³-hybridized carbons (Fsp3) is 0.200. The Morgan fingerprint density at radius 3 is 2.17 bits per heavy atom. The van der Waals surface area contributed by atoms with Crippen molar-refractivity contribution in [3.63, 3.8) is 0 Å². The summed E-state index contributed by atoms with van der Waals surface area (Å²) < 4.78 is 5.52. The number of Topliss-reactive ketones (excluding diaryl/α,β-unsaturated/α-hetero) is 1. The van der Waals surface area contributed by atoms with E-state index in [2.05, 4.69) is 12.1 Å². The van der Waals surface area contributed by atoms with Crippen molar-refractivity contribution in [2.75, 3.05) is 6.54 Å². The van der Waals surface area contributed by atoms with Gasteiger partial charge in [-0.15, -0.1) is 0 Å². The molecule has 4 rings (SSSR count). The Bertz CT molecular complexity index is 968. The molecule has 1 atom stereocenters. The summed E-state index contributed by atoms with van der Waals surface area (Å²) >= 11 is 0. The summed E-state index contributed by atoms with van der Waals surface area (Å²) in [5.74, 6) is 0.175. The number of hydrogen-bond donors (Lipinski definition) is 0. The van der Waals surface area contributed by atoms with E-state index in [1.54, 1.807) is 4.90 Å². The van der Waals surface area contributed by atoms with Gasteiger partial charge in [0.25, 0.3) is 0 Å². The molecular weight excluding hydrogens is 362 g/mol. The van der Waals surface area contributed by atoms with Crippen LogP contribution in [0, 0.1) is 0 Å². The molecule has 4 nitrogen and oxygen atoms in total. The third kappa shape index (κ3) is 4.54. The molecule has 3 aromatic rings. The van der Waals surface area contributed by atoms with Crippen LogP contribution in [0.4, 0.5) is 4.79 Å². The van der Waals surface area contributed by atoms with Gasteiger partial charge in [0.05, 0.1) is 6.04 Å². The summed E-state index contributed by atoms with van der Waals surface area (Å²) in [7, 11) is 0. The van der Waals surface area contributed by atoms with Crippen LogP contribution in [0.1, 0.15) is 30.0 Å². The lowest BCUT2D eigenvalue weighted by molar-refractivity contribution is -0.122. The Balaban J connectivity index is 1.50. The Morgan fingerprint density at radius 2 is 1.48 bits per heavy atom. The van der Waals surface area contributed by atoms with Crippen LogP contribution in [0.2, 0.25) is 0 Å². The topological polar surface area (TPSA) is 46.6 Å². The number of nitrogens with zero attached hydrogens (tertiary/aromatic N) is 1. The monoisotopic (exact) mass is 385 g/mol. The second kappa shape index (κ2) is 8.74. The van der Waals surface area contributed by atoms with Gasteiger partial charge in [-0.05, 0) is 22.3 Å². The van der Waals surface area contributed by atoms with Crippen LogP contribution in [0.25, 0.3) is 11.1 Å². The molecule has 1 aliphatic heterocycles. The molecule has 0 saturated carbocycles. The van der Waals surface area contributed by atoms with Crippen LogP contribution in [0.15, 0.2) is 84.9 Å². The third-order valence-electron chi connectivity index (χ3n) is 5.27. The Morgan fingerprint density at radius 1 is 0.862 bits per heavy atom. The summed E-state index contributed by atoms with van der Waals surface area (Å²) in [6.45, 7) is 0.612. The Kier molecular flexibility index (Phi) is 5.71. The molecule has 1 amide bonds. The van der Waals surface area contributed by atoms with Crippen molar-refractivity contribution in [3.05, 3.63) is 96.1 Å². The minimum Gasteiger partial charge on any atom is -0.445 e. The molecule has 4 heteroatoms. The molecular formula is C25H23NO3.